The highest BCUT2D eigenvalue weighted by Gasteiger charge is 2.18. The molecular weight excluding hydrogens is 376 g/mol. The topological polar surface area (TPSA) is 75.2 Å². The summed E-state index contributed by atoms with van der Waals surface area (Å²) in [4.78, 5) is 13.9. The quantitative estimate of drug-likeness (QED) is 0.412. The molecular formula is C20H28N4O3S. The number of hydrogen-bond donors (Lipinski definition) is 2. The Morgan fingerprint density at radius 3 is 2.71 bits per heavy atom. The SMILES string of the molecule is C/C(=N\NC(=S)NCC1CCCO1)c1ccc(OCC(=O)N2CCCC2)cc1. The number of amides is 1. The molecule has 0 aliphatic carbocycles. The van der Waals surface area contributed by atoms with Crippen LogP contribution in [0.5, 0.6) is 5.75 Å². The second-order valence-corrected chi connectivity index (χ2v) is 7.46. The maximum Gasteiger partial charge on any atom is 0.260 e. The maximum absolute atomic E-state index is 12.0. The first kappa shape index (κ1) is 20.5. The molecule has 1 atom stereocenters. The van der Waals surface area contributed by atoms with Crippen LogP contribution in [0.25, 0.3) is 0 Å². The average molecular weight is 405 g/mol. The van der Waals surface area contributed by atoms with Crippen molar-refractivity contribution in [2.24, 2.45) is 5.10 Å². The summed E-state index contributed by atoms with van der Waals surface area (Å²) in [5.74, 6) is 0.721. The number of nitrogens with zero attached hydrogens (tertiary/aromatic N) is 2. The largest absolute Gasteiger partial charge is 0.484 e. The monoisotopic (exact) mass is 404 g/mol. The van der Waals surface area contributed by atoms with Gasteiger partial charge in [0.1, 0.15) is 5.75 Å². The Kier molecular flexibility index (Phi) is 7.62. The molecule has 2 aliphatic rings. The number of hydrogen-bond acceptors (Lipinski definition) is 5. The van der Waals surface area contributed by atoms with Crippen molar-refractivity contribution >= 4 is 28.9 Å². The second kappa shape index (κ2) is 10.4. The molecule has 0 spiro atoms. The Morgan fingerprint density at radius 1 is 1.29 bits per heavy atom. The van der Waals surface area contributed by atoms with Gasteiger partial charge in [-0.3, -0.25) is 10.2 Å². The number of hydrazone groups is 1. The van der Waals surface area contributed by atoms with Crippen molar-refractivity contribution < 1.29 is 14.3 Å². The van der Waals surface area contributed by atoms with E-state index in [0.717, 1.165) is 56.7 Å². The standard InChI is InChI=1S/C20H28N4O3S/c1-15(22-23-20(28)21-13-18-5-4-12-26-18)16-6-8-17(9-7-16)27-14-19(25)24-10-2-3-11-24/h6-9,18H,2-5,10-14H2,1H3,(H2,21,23,28)/b22-15+. The van der Waals surface area contributed by atoms with E-state index in [9.17, 15) is 4.79 Å². The molecule has 0 bridgehead atoms. The van der Waals surface area contributed by atoms with Crippen LogP contribution in [0.2, 0.25) is 0 Å². The van der Waals surface area contributed by atoms with E-state index in [2.05, 4.69) is 15.8 Å². The van der Waals surface area contributed by atoms with E-state index >= 15 is 0 Å². The van der Waals surface area contributed by atoms with Crippen LogP contribution in [0.3, 0.4) is 0 Å². The van der Waals surface area contributed by atoms with Crippen LogP contribution in [0.1, 0.15) is 38.2 Å². The number of thiocarbonyl (C=S) groups is 1. The zero-order valence-corrected chi connectivity index (χ0v) is 17.1. The first-order valence-electron chi connectivity index (χ1n) is 9.82. The van der Waals surface area contributed by atoms with E-state index < -0.39 is 0 Å². The van der Waals surface area contributed by atoms with E-state index in [0.29, 0.717) is 17.4 Å². The van der Waals surface area contributed by atoms with E-state index in [1.54, 1.807) is 0 Å². The number of benzene rings is 1. The smallest absolute Gasteiger partial charge is 0.260 e. The molecule has 0 radical (unpaired) electrons. The van der Waals surface area contributed by atoms with Gasteiger partial charge < -0.3 is 19.7 Å². The third kappa shape index (κ3) is 6.17. The highest BCUT2D eigenvalue weighted by molar-refractivity contribution is 7.80. The molecule has 1 aromatic rings. The normalized spacial score (nSPS) is 19.5. The van der Waals surface area contributed by atoms with Crippen LogP contribution in [-0.4, -0.2) is 60.6 Å². The molecule has 0 saturated carbocycles. The van der Waals surface area contributed by atoms with Gasteiger partial charge in [0, 0.05) is 26.2 Å². The Balaban J connectivity index is 1.41. The van der Waals surface area contributed by atoms with Crippen molar-refractivity contribution in [1.82, 2.24) is 15.6 Å². The van der Waals surface area contributed by atoms with Crippen LogP contribution in [0.15, 0.2) is 29.4 Å². The van der Waals surface area contributed by atoms with Gasteiger partial charge in [-0.1, -0.05) is 0 Å². The third-order valence-electron chi connectivity index (χ3n) is 4.93. The van der Waals surface area contributed by atoms with Gasteiger partial charge >= 0.3 is 0 Å². The van der Waals surface area contributed by atoms with E-state index in [1.165, 1.54) is 0 Å². The molecule has 1 amide bonds. The van der Waals surface area contributed by atoms with E-state index in [1.807, 2.05) is 36.1 Å². The van der Waals surface area contributed by atoms with Gasteiger partial charge in [0.15, 0.2) is 11.7 Å². The molecule has 8 heteroatoms. The van der Waals surface area contributed by atoms with Crippen molar-refractivity contribution in [2.75, 3.05) is 32.8 Å². The number of carbonyl (C=O) groups excluding carboxylic acids is 1. The highest BCUT2D eigenvalue weighted by atomic mass is 32.1. The number of carbonyl (C=O) groups is 1. The summed E-state index contributed by atoms with van der Waals surface area (Å²) < 4.78 is 11.2. The molecule has 7 nitrogen and oxygen atoms in total. The summed E-state index contributed by atoms with van der Waals surface area (Å²) in [5, 5.41) is 7.92. The van der Waals surface area contributed by atoms with Crippen LogP contribution >= 0.6 is 12.2 Å². The molecule has 2 N–H and O–H groups in total. The van der Waals surface area contributed by atoms with Crippen LogP contribution in [-0.2, 0) is 9.53 Å². The number of nitrogens with one attached hydrogen (secondary N) is 2. The van der Waals surface area contributed by atoms with Gasteiger partial charge in [-0.05, 0) is 74.7 Å². The maximum atomic E-state index is 12.0. The summed E-state index contributed by atoms with van der Waals surface area (Å²) in [6.07, 6.45) is 4.57. The zero-order valence-electron chi connectivity index (χ0n) is 16.3. The van der Waals surface area contributed by atoms with Crippen LogP contribution in [0, 0.1) is 0 Å². The fourth-order valence-corrected chi connectivity index (χ4v) is 3.37. The van der Waals surface area contributed by atoms with Crippen molar-refractivity contribution in [3.8, 4) is 5.75 Å². The number of rotatable bonds is 7. The molecule has 3 rings (SSSR count). The predicted molar refractivity (Wildman–Crippen MR) is 113 cm³/mol. The molecule has 1 aromatic carbocycles. The Labute approximate surface area is 171 Å². The van der Waals surface area contributed by atoms with Crippen molar-refractivity contribution in [3.05, 3.63) is 29.8 Å². The Hall–Kier alpha value is -2.19. The Morgan fingerprint density at radius 2 is 2.04 bits per heavy atom. The van der Waals surface area contributed by atoms with Crippen LogP contribution in [0.4, 0.5) is 0 Å². The lowest BCUT2D eigenvalue weighted by Gasteiger charge is -2.15. The van der Waals surface area contributed by atoms with Gasteiger partial charge in [0.05, 0.1) is 11.8 Å². The minimum atomic E-state index is 0.0486. The summed E-state index contributed by atoms with van der Waals surface area (Å²) in [7, 11) is 0. The fourth-order valence-electron chi connectivity index (χ4n) is 3.25. The molecule has 152 valence electrons. The molecule has 0 aromatic heterocycles. The minimum Gasteiger partial charge on any atom is -0.484 e. The molecule has 2 aliphatic heterocycles. The van der Waals surface area contributed by atoms with E-state index in [-0.39, 0.29) is 18.6 Å². The van der Waals surface area contributed by atoms with Gasteiger partial charge in [-0.2, -0.15) is 5.10 Å². The number of likely N-dealkylation sites (tertiary alicyclic amines) is 1. The molecule has 2 heterocycles. The summed E-state index contributed by atoms with van der Waals surface area (Å²) >= 11 is 5.24. The number of ether oxygens (including phenoxy) is 2. The Bertz CT molecular complexity index is 696. The van der Waals surface area contributed by atoms with Crippen molar-refractivity contribution in [3.63, 3.8) is 0 Å². The van der Waals surface area contributed by atoms with Crippen LogP contribution < -0.4 is 15.5 Å². The summed E-state index contributed by atoms with van der Waals surface area (Å²) in [6, 6.07) is 7.53. The first-order valence-corrected chi connectivity index (χ1v) is 10.2. The van der Waals surface area contributed by atoms with Gasteiger partial charge in [0.2, 0.25) is 0 Å². The minimum absolute atomic E-state index is 0.0486. The second-order valence-electron chi connectivity index (χ2n) is 7.06. The lowest BCUT2D eigenvalue weighted by Crippen LogP contribution is -2.37. The van der Waals surface area contributed by atoms with Crippen molar-refractivity contribution in [1.29, 1.82) is 0 Å². The highest BCUT2D eigenvalue weighted by Crippen LogP contribution is 2.14. The molecule has 2 saturated heterocycles. The summed E-state index contributed by atoms with van der Waals surface area (Å²) in [5.41, 5.74) is 4.62. The van der Waals surface area contributed by atoms with Crippen molar-refractivity contribution in [2.45, 2.75) is 38.7 Å². The van der Waals surface area contributed by atoms with Gasteiger partial charge in [-0.25, -0.2) is 0 Å². The fraction of sp³-hybridized carbons (Fsp3) is 0.550. The summed E-state index contributed by atoms with van der Waals surface area (Å²) in [6.45, 7) is 5.20. The predicted octanol–water partition coefficient (Wildman–Crippen LogP) is 2.05. The zero-order chi connectivity index (χ0) is 19.8. The van der Waals surface area contributed by atoms with Gasteiger partial charge in [-0.15, -0.1) is 0 Å². The van der Waals surface area contributed by atoms with E-state index in [4.69, 9.17) is 21.7 Å². The molecule has 28 heavy (non-hydrogen) atoms. The molecule has 2 fully saturated rings. The molecule has 1 unspecified atom stereocenters. The third-order valence-corrected chi connectivity index (χ3v) is 5.17. The first-order chi connectivity index (χ1) is 13.6. The lowest BCUT2D eigenvalue weighted by molar-refractivity contribution is -0.132. The van der Waals surface area contributed by atoms with Gasteiger partial charge in [0.25, 0.3) is 5.91 Å². The average Bonchev–Trinajstić information content (AvgIpc) is 3.43. The lowest BCUT2D eigenvalue weighted by atomic mass is 10.1.